The van der Waals surface area contributed by atoms with Crippen molar-refractivity contribution in [3.05, 3.63) is 172 Å². The van der Waals surface area contributed by atoms with E-state index in [1.54, 1.807) is 9.39 Å². The molecule has 0 spiro atoms. The van der Waals surface area contributed by atoms with Crippen LogP contribution in [0, 0.1) is 20.8 Å². The van der Waals surface area contributed by atoms with Crippen LogP contribution < -0.4 is 3.12 Å². The first-order valence-electron chi connectivity index (χ1n) is 13.3. The van der Waals surface area contributed by atoms with E-state index in [9.17, 15) is 0 Å². The van der Waals surface area contributed by atoms with E-state index >= 15 is 0 Å². The molecule has 1 radical (unpaired) electrons. The third kappa shape index (κ3) is 4.52. The standard InChI is InChI=1S/C28H20.C9H11.Pb/c1-5-13-23(14-6-1)21-27(25-17-9-3-10-18-25)28(26-19-11-4-12-20-26)22-24-15-7-2-8-16-24;1-7-4-8(2)6-9(3)5-7;/h1-20H;4-5H,1-3H3;. The summed E-state index contributed by atoms with van der Waals surface area (Å²) in [5.74, 6) is 0. The van der Waals surface area contributed by atoms with Gasteiger partial charge in [-0.3, -0.25) is 0 Å². The Morgan fingerprint density at radius 1 is 0.395 bits per heavy atom. The van der Waals surface area contributed by atoms with Gasteiger partial charge in [0.15, 0.2) is 0 Å². The van der Waals surface area contributed by atoms with E-state index in [1.165, 1.54) is 50.1 Å². The van der Waals surface area contributed by atoms with Crippen LogP contribution in [0.4, 0.5) is 0 Å². The number of rotatable bonds is 5. The summed E-state index contributed by atoms with van der Waals surface area (Å²) in [6.45, 7) is 6.89. The Morgan fingerprint density at radius 2 is 0.711 bits per heavy atom. The monoisotopic (exact) mass is 683 g/mol. The maximum absolute atomic E-state index is 3.00. The molecule has 1 heteroatoms. The Labute approximate surface area is 235 Å². The summed E-state index contributed by atoms with van der Waals surface area (Å²) in [4.78, 5) is 0. The van der Waals surface area contributed by atoms with Crippen LogP contribution in [-0.4, -0.2) is 22.7 Å². The van der Waals surface area contributed by atoms with Crippen molar-refractivity contribution in [3.63, 3.8) is 0 Å². The molecular weight excluding hydrogens is 652 g/mol. The van der Waals surface area contributed by atoms with Crippen molar-refractivity contribution >= 4 is 43.2 Å². The Kier molecular flexibility index (Phi) is 6.99. The van der Waals surface area contributed by atoms with E-state index in [1.807, 2.05) is 0 Å². The van der Waals surface area contributed by atoms with E-state index in [2.05, 4.69) is 154 Å². The molecule has 183 valence electrons. The van der Waals surface area contributed by atoms with Gasteiger partial charge in [-0.05, 0) is 0 Å². The summed E-state index contributed by atoms with van der Waals surface area (Å²) < 4.78 is 4.81. The van der Waals surface area contributed by atoms with Crippen LogP contribution >= 0.6 is 0 Å². The van der Waals surface area contributed by atoms with E-state index in [0.29, 0.717) is 0 Å². The normalized spacial score (nSPS) is 13.9. The van der Waals surface area contributed by atoms with Gasteiger partial charge in [0.25, 0.3) is 0 Å². The van der Waals surface area contributed by atoms with Gasteiger partial charge in [0, 0.05) is 0 Å². The van der Waals surface area contributed by atoms with Gasteiger partial charge < -0.3 is 0 Å². The Balaban J connectivity index is 1.81. The summed E-state index contributed by atoms with van der Waals surface area (Å²) in [5.41, 5.74) is 12.4. The van der Waals surface area contributed by atoms with E-state index < -0.39 is 22.7 Å². The summed E-state index contributed by atoms with van der Waals surface area (Å²) >= 11 is -3.00. The van der Waals surface area contributed by atoms with Crippen molar-refractivity contribution in [2.24, 2.45) is 0 Å². The summed E-state index contributed by atoms with van der Waals surface area (Å²) in [6, 6.07) is 49.4. The molecule has 0 amide bonds. The fraction of sp³-hybridized carbons (Fsp3) is 0.0811. The average Bonchev–Trinajstić information content (AvgIpc) is 3.30. The SMILES string of the molecule is Cc1cc(C)[c]([Pb]2[C](c3ccccc3)=C(c3ccccc3)C(c3ccccc3)=[C]2c2ccccc2)c(C)c1. The van der Waals surface area contributed by atoms with Gasteiger partial charge >= 0.3 is 236 Å². The first kappa shape index (κ1) is 24.8. The van der Waals surface area contributed by atoms with Crippen LogP contribution in [-0.2, 0) is 0 Å². The summed E-state index contributed by atoms with van der Waals surface area (Å²) in [6.07, 6.45) is 0. The molecule has 0 N–H and O–H groups in total. The van der Waals surface area contributed by atoms with Gasteiger partial charge in [0.05, 0.1) is 0 Å². The van der Waals surface area contributed by atoms with Crippen molar-refractivity contribution in [2.75, 3.05) is 0 Å². The Morgan fingerprint density at radius 3 is 1.05 bits per heavy atom. The predicted molar refractivity (Wildman–Crippen MR) is 165 cm³/mol. The maximum atomic E-state index is 2.40. The zero-order chi connectivity index (χ0) is 26.1. The molecule has 0 atom stereocenters. The molecule has 38 heavy (non-hydrogen) atoms. The van der Waals surface area contributed by atoms with Gasteiger partial charge in [-0.15, -0.1) is 0 Å². The van der Waals surface area contributed by atoms with Gasteiger partial charge in [0.2, 0.25) is 0 Å². The summed E-state index contributed by atoms with van der Waals surface area (Å²) in [5, 5.41) is 0. The van der Waals surface area contributed by atoms with E-state index in [0.717, 1.165) is 0 Å². The summed E-state index contributed by atoms with van der Waals surface area (Å²) in [7, 11) is 0. The molecule has 0 aliphatic carbocycles. The Bertz CT molecular complexity index is 1520. The molecule has 5 aromatic carbocycles. The molecule has 0 aromatic heterocycles. The second-order valence-corrected chi connectivity index (χ2v) is 18.9. The first-order chi connectivity index (χ1) is 18.6. The molecule has 1 aliphatic heterocycles. The zero-order valence-corrected chi connectivity index (χ0v) is 26.1. The molecule has 0 fully saturated rings. The molecule has 0 saturated carbocycles. The second kappa shape index (κ2) is 10.7. The first-order valence-corrected chi connectivity index (χ1v) is 19.1. The molecule has 0 unspecified atom stereocenters. The quantitative estimate of drug-likeness (QED) is 0.163. The predicted octanol–water partition coefficient (Wildman–Crippen LogP) is 8.63. The molecule has 1 heterocycles. The van der Waals surface area contributed by atoms with E-state index in [-0.39, 0.29) is 0 Å². The molecule has 1 aliphatic rings. The fourth-order valence-corrected chi connectivity index (χ4v) is 20.1. The van der Waals surface area contributed by atoms with Gasteiger partial charge in [-0.2, -0.15) is 0 Å². The molecule has 0 saturated heterocycles. The van der Waals surface area contributed by atoms with Crippen molar-refractivity contribution in [1.29, 1.82) is 0 Å². The van der Waals surface area contributed by atoms with Crippen LogP contribution in [0.1, 0.15) is 38.9 Å². The number of hydrogen-bond donors (Lipinski definition) is 0. The van der Waals surface area contributed by atoms with E-state index in [4.69, 9.17) is 0 Å². The van der Waals surface area contributed by atoms with Gasteiger partial charge in [-0.25, -0.2) is 0 Å². The molecule has 0 nitrogen and oxygen atoms in total. The molecular formula is C37H31Pb. The van der Waals surface area contributed by atoms with Crippen LogP contribution in [0.2, 0.25) is 0 Å². The zero-order valence-electron chi connectivity index (χ0n) is 22.2. The van der Waals surface area contributed by atoms with Crippen LogP contribution in [0.25, 0.3) is 17.4 Å². The van der Waals surface area contributed by atoms with Gasteiger partial charge in [0.1, 0.15) is 0 Å². The fourth-order valence-electron chi connectivity index (χ4n) is 6.02. The van der Waals surface area contributed by atoms with Crippen molar-refractivity contribution in [1.82, 2.24) is 0 Å². The third-order valence-electron chi connectivity index (χ3n) is 7.43. The second-order valence-electron chi connectivity index (χ2n) is 10.1. The topological polar surface area (TPSA) is 0 Å². The minimum absolute atomic E-state index is 1.31. The van der Waals surface area contributed by atoms with Crippen molar-refractivity contribution < 1.29 is 0 Å². The van der Waals surface area contributed by atoms with Gasteiger partial charge in [-0.1, -0.05) is 0 Å². The average molecular weight is 683 g/mol. The van der Waals surface area contributed by atoms with Crippen LogP contribution in [0.15, 0.2) is 133 Å². The van der Waals surface area contributed by atoms with Crippen LogP contribution in [0.3, 0.4) is 0 Å². The number of hydrogen-bond acceptors (Lipinski definition) is 0. The number of allylic oxidation sites excluding steroid dienone is 2. The number of aryl methyl sites for hydroxylation is 3. The molecule has 0 bridgehead atoms. The molecule has 5 aromatic rings. The minimum atomic E-state index is -3.00. The number of benzene rings is 5. The molecule has 6 rings (SSSR count). The third-order valence-corrected chi connectivity index (χ3v) is 20.5. The van der Waals surface area contributed by atoms with Crippen molar-refractivity contribution in [2.45, 2.75) is 20.8 Å². The Hall–Kier alpha value is -3.50. The van der Waals surface area contributed by atoms with Crippen LogP contribution in [0.5, 0.6) is 0 Å². The van der Waals surface area contributed by atoms with Crippen molar-refractivity contribution in [3.8, 4) is 0 Å².